The molecule has 0 amide bonds. The molecular weight excluding hydrogens is 325 g/mol. The summed E-state index contributed by atoms with van der Waals surface area (Å²) in [5.74, 6) is 0. The largest absolute Gasteiger partial charge is 4.00 e. The average Bonchev–Trinajstić information content (AvgIpc) is 2.79. The molecule has 0 aromatic heterocycles. The van der Waals surface area contributed by atoms with E-state index in [4.69, 9.17) is 0 Å². The fraction of sp³-hybridized carbons (Fsp3) is 0.688. The summed E-state index contributed by atoms with van der Waals surface area (Å²) < 4.78 is 0. The standard InChI is InChI=1S/C11H18N.2C2H6N.CH3.Zr/c1-10(2)12-9-5-8-11-6-3-4-7-11;2*1-3-2;;/h3-4,6,10H,5,7-9H2,1-2H3;2*1-2H3;1H3;/q4*-1;+4. The molecule has 20 heavy (non-hydrogen) atoms. The second-order valence-corrected chi connectivity index (χ2v) is 4.46. The van der Waals surface area contributed by atoms with E-state index >= 15 is 0 Å². The van der Waals surface area contributed by atoms with E-state index in [1.54, 1.807) is 33.8 Å². The maximum atomic E-state index is 4.44. The zero-order chi connectivity index (χ0) is 14.2. The van der Waals surface area contributed by atoms with Crippen LogP contribution >= 0.6 is 0 Å². The van der Waals surface area contributed by atoms with Gasteiger partial charge in [0.15, 0.2) is 0 Å². The van der Waals surface area contributed by atoms with E-state index in [0.717, 1.165) is 6.54 Å². The van der Waals surface area contributed by atoms with Gasteiger partial charge in [0.1, 0.15) is 0 Å². The first-order valence-corrected chi connectivity index (χ1v) is 6.59. The van der Waals surface area contributed by atoms with Crippen LogP contribution in [0.15, 0.2) is 23.8 Å². The van der Waals surface area contributed by atoms with Crippen molar-refractivity contribution in [1.82, 2.24) is 0 Å². The summed E-state index contributed by atoms with van der Waals surface area (Å²) in [5.41, 5.74) is 1.56. The monoisotopic (exact) mass is 357 g/mol. The molecule has 1 aliphatic rings. The molecule has 0 unspecified atom stereocenters. The van der Waals surface area contributed by atoms with E-state index in [2.05, 4.69) is 48.0 Å². The van der Waals surface area contributed by atoms with Gasteiger partial charge in [-0.15, -0.1) is 12.6 Å². The van der Waals surface area contributed by atoms with Gasteiger partial charge in [-0.3, -0.25) is 0 Å². The summed E-state index contributed by atoms with van der Waals surface area (Å²) in [6.07, 6.45) is 10.2. The van der Waals surface area contributed by atoms with Crippen molar-refractivity contribution >= 4 is 0 Å². The third kappa shape index (κ3) is 26.7. The molecule has 1 rings (SSSR count). The van der Waals surface area contributed by atoms with Crippen LogP contribution < -0.4 is 0 Å². The first-order chi connectivity index (χ1) is 8.62. The molecule has 4 heteroatoms. The Balaban J connectivity index is -0.000000139. The molecule has 116 valence electrons. The number of nitrogens with zero attached hydrogens (tertiary/aromatic N) is 3. The predicted octanol–water partition coefficient (Wildman–Crippen LogP) is 5.12. The smallest absolute Gasteiger partial charge is 0.668 e. The van der Waals surface area contributed by atoms with Crippen molar-refractivity contribution in [2.24, 2.45) is 0 Å². The van der Waals surface area contributed by atoms with E-state index in [9.17, 15) is 0 Å². The summed E-state index contributed by atoms with van der Waals surface area (Å²) >= 11 is 0. The van der Waals surface area contributed by atoms with Crippen molar-refractivity contribution in [3.05, 3.63) is 47.2 Å². The summed E-state index contributed by atoms with van der Waals surface area (Å²) in [6.45, 7) is 5.29. The minimum atomic E-state index is 0. The van der Waals surface area contributed by atoms with Gasteiger partial charge in [-0.2, -0.15) is 28.2 Å². The van der Waals surface area contributed by atoms with Gasteiger partial charge >= 0.3 is 26.2 Å². The Labute approximate surface area is 147 Å². The third-order valence-electron chi connectivity index (χ3n) is 2.00. The van der Waals surface area contributed by atoms with Crippen LogP contribution in [-0.4, -0.2) is 40.8 Å². The second kappa shape index (κ2) is 24.3. The Kier molecular flexibility index (Phi) is 34.5. The van der Waals surface area contributed by atoms with Gasteiger partial charge in [0, 0.05) is 0 Å². The van der Waals surface area contributed by atoms with Crippen molar-refractivity contribution in [3.8, 4) is 0 Å². The summed E-state index contributed by atoms with van der Waals surface area (Å²) in [7, 11) is 7.00. The van der Waals surface area contributed by atoms with Crippen LogP contribution in [0.25, 0.3) is 16.0 Å². The summed E-state index contributed by atoms with van der Waals surface area (Å²) in [5, 5.41) is 11.4. The molecule has 0 radical (unpaired) electrons. The number of allylic oxidation sites excluding steroid dienone is 4. The molecule has 0 aromatic rings. The molecule has 0 saturated carbocycles. The van der Waals surface area contributed by atoms with Gasteiger partial charge < -0.3 is 23.4 Å². The molecule has 1 aliphatic carbocycles. The Morgan fingerprint density at radius 2 is 1.60 bits per heavy atom. The van der Waals surface area contributed by atoms with Gasteiger partial charge in [-0.25, -0.2) is 0 Å². The molecule has 0 saturated heterocycles. The van der Waals surface area contributed by atoms with Gasteiger partial charge in [-0.05, 0) is 12.8 Å². The first kappa shape index (κ1) is 28.4. The minimum absolute atomic E-state index is 0. The van der Waals surface area contributed by atoms with Crippen LogP contribution in [0.2, 0.25) is 0 Å². The van der Waals surface area contributed by atoms with Crippen molar-refractivity contribution in [1.29, 1.82) is 0 Å². The number of rotatable bonds is 5. The van der Waals surface area contributed by atoms with Gasteiger partial charge in [0.05, 0.1) is 0 Å². The molecule has 0 aromatic carbocycles. The van der Waals surface area contributed by atoms with E-state index in [-0.39, 0.29) is 33.6 Å². The van der Waals surface area contributed by atoms with Gasteiger partial charge in [0.25, 0.3) is 0 Å². The first-order valence-electron chi connectivity index (χ1n) is 6.59. The van der Waals surface area contributed by atoms with Crippen molar-refractivity contribution in [2.45, 2.75) is 39.2 Å². The molecule has 0 bridgehead atoms. The van der Waals surface area contributed by atoms with E-state index < -0.39 is 0 Å². The fourth-order valence-electron chi connectivity index (χ4n) is 1.33. The second-order valence-electron chi connectivity index (χ2n) is 4.46. The molecule has 0 fully saturated rings. The third-order valence-corrected chi connectivity index (χ3v) is 2.00. The number of hydrogen-bond donors (Lipinski definition) is 0. The SMILES string of the molecule is CC(C)[N-]CCCC1=CC=CC1.C[N-]C.C[N-]C.[CH3-].[Zr+4]. The van der Waals surface area contributed by atoms with Crippen LogP contribution in [0.4, 0.5) is 0 Å². The van der Waals surface area contributed by atoms with E-state index in [1.165, 1.54) is 19.3 Å². The van der Waals surface area contributed by atoms with Gasteiger partial charge in [0.2, 0.25) is 0 Å². The van der Waals surface area contributed by atoms with Crippen molar-refractivity contribution in [2.75, 3.05) is 34.7 Å². The van der Waals surface area contributed by atoms with Crippen LogP contribution in [0.1, 0.15) is 33.1 Å². The molecule has 3 nitrogen and oxygen atoms in total. The normalized spacial score (nSPS) is 11.2. The molecule has 0 aliphatic heterocycles. The van der Waals surface area contributed by atoms with Crippen LogP contribution in [0, 0.1) is 7.43 Å². The topological polar surface area (TPSA) is 42.3 Å². The zero-order valence-corrected chi connectivity index (χ0v) is 16.9. The number of hydrogen-bond acceptors (Lipinski definition) is 0. The molecule has 0 heterocycles. The van der Waals surface area contributed by atoms with Crippen LogP contribution in [0.5, 0.6) is 0 Å². The maximum Gasteiger partial charge on any atom is 4.00 e. The fourth-order valence-corrected chi connectivity index (χ4v) is 1.33. The predicted molar refractivity (Wildman–Crippen MR) is 91.3 cm³/mol. The Morgan fingerprint density at radius 3 is 1.95 bits per heavy atom. The van der Waals surface area contributed by atoms with E-state index in [0.29, 0.717) is 6.04 Å². The van der Waals surface area contributed by atoms with Crippen LogP contribution in [0.3, 0.4) is 0 Å². The maximum absolute atomic E-state index is 4.44. The zero-order valence-electron chi connectivity index (χ0n) is 14.5. The molecule has 0 atom stereocenters. The van der Waals surface area contributed by atoms with Crippen molar-refractivity contribution in [3.63, 3.8) is 0 Å². The summed E-state index contributed by atoms with van der Waals surface area (Å²) in [6, 6.07) is 0.501. The van der Waals surface area contributed by atoms with Crippen LogP contribution in [-0.2, 0) is 26.2 Å². The minimum Gasteiger partial charge on any atom is -0.668 e. The average molecular weight is 359 g/mol. The molecule has 0 N–H and O–H groups in total. The quantitative estimate of drug-likeness (QED) is 0.483. The summed E-state index contributed by atoms with van der Waals surface area (Å²) in [4.78, 5) is 0. The Bertz CT molecular complexity index is 212. The Morgan fingerprint density at radius 1 is 1.10 bits per heavy atom. The van der Waals surface area contributed by atoms with Gasteiger partial charge in [-0.1, -0.05) is 44.1 Å². The molecule has 0 spiro atoms. The Hall–Kier alpha value is 0.243. The molecular formula is C16H33N3Zr. The van der Waals surface area contributed by atoms with E-state index in [1.807, 2.05) is 0 Å². The van der Waals surface area contributed by atoms with Crippen molar-refractivity contribution < 1.29 is 26.2 Å².